The van der Waals surface area contributed by atoms with E-state index in [1.165, 1.54) is 16.7 Å². The number of carbonyl (C=O) groups excluding carboxylic acids is 1. The molecule has 0 aromatic heterocycles. The molecule has 1 aromatic rings. The van der Waals surface area contributed by atoms with Crippen LogP contribution in [-0.4, -0.2) is 23.6 Å². The molecule has 2 N–H and O–H groups in total. The van der Waals surface area contributed by atoms with Gasteiger partial charge >= 0.3 is 0 Å². The summed E-state index contributed by atoms with van der Waals surface area (Å²) >= 11 is 1.77. The highest BCUT2D eigenvalue weighted by molar-refractivity contribution is 7.99. The summed E-state index contributed by atoms with van der Waals surface area (Å²) in [7, 11) is 0. The normalized spacial score (nSPS) is 19.3. The molecule has 1 aliphatic rings. The monoisotopic (exact) mass is 250 g/mol. The van der Waals surface area contributed by atoms with Crippen molar-refractivity contribution in [1.82, 2.24) is 10.6 Å². The highest BCUT2D eigenvalue weighted by atomic mass is 32.2. The van der Waals surface area contributed by atoms with Crippen LogP contribution in [0.15, 0.2) is 18.2 Å². The van der Waals surface area contributed by atoms with Crippen molar-refractivity contribution in [2.45, 2.75) is 26.4 Å². The molecule has 0 bridgehead atoms. The lowest BCUT2D eigenvalue weighted by Crippen LogP contribution is -2.41. The fourth-order valence-corrected chi connectivity index (χ4v) is 2.93. The molecule has 3 nitrogen and oxygen atoms in total. The van der Waals surface area contributed by atoms with E-state index in [1.807, 2.05) is 6.07 Å². The number of aryl methyl sites for hydroxylation is 2. The second kappa shape index (κ2) is 5.56. The van der Waals surface area contributed by atoms with E-state index >= 15 is 0 Å². The molecule has 1 saturated heterocycles. The lowest BCUT2D eigenvalue weighted by Gasteiger charge is -2.13. The molecule has 0 aliphatic carbocycles. The molecule has 92 valence electrons. The topological polar surface area (TPSA) is 41.1 Å². The van der Waals surface area contributed by atoms with E-state index < -0.39 is 0 Å². The largest absolute Gasteiger partial charge is 0.351 e. The summed E-state index contributed by atoms with van der Waals surface area (Å²) in [6.45, 7) is 4.79. The molecule has 1 fully saturated rings. The third-order valence-electron chi connectivity index (χ3n) is 3.12. The molecule has 0 unspecified atom stereocenters. The van der Waals surface area contributed by atoms with Crippen LogP contribution in [0, 0.1) is 13.8 Å². The van der Waals surface area contributed by atoms with Gasteiger partial charge in [-0.3, -0.25) is 10.1 Å². The zero-order chi connectivity index (χ0) is 12.3. The van der Waals surface area contributed by atoms with Crippen LogP contribution >= 0.6 is 11.8 Å². The minimum atomic E-state index is -0.0238. The van der Waals surface area contributed by atoms with Crippen LogP contribution in [0.1, 0.15) is 16.7 Å². The molecular formula is C13H18N2OS. The van der Waals surface area contributed by atoms with E-state index in [0.29, 0.717) is 6.54 Å². The molecule has 1 amide bonds. The maximum Gasteiger partial charge on any atom is 0.238 e. The summed E-state index contributed by atoms with van der Waals surface area (Å²) in [5.41, 5.74) is 3.70. The van der Waals surface area contributed by atoms with Crippen LogP contribution in [-0.2, 0) is 11.3 Å². The van der Waals surface area contributed by atoms with Crippen LogP contribution in [0.4, 0.5) is 0 Å². The average molecular weight is 250 g/mol. The van der Waals surface area contributed by atoms with Gasteiger partial charge in [0.15, 0.2) is 0 Å². The van der Waals surface area contributed by atoms with Gasteiger partial charge in [0.2, 0.25) is 5.91 Å². The van der Waals surface area contributed by atoms with Crippen LogP contribution in [0.3, 0.4) is 0 Å². The van der Waals surface area contributed by atoms with E-state index in [2.05, 4.69) is 36.6 Å². The molecule has 4 heteroatoms. The highest BCUT2D eigenvalue weighted by Gasteiger charge is 2.22. The number of amides is 1. The third kappa shape index (κ3) is 3.01. The van der Waals surface area contributed by atoms with E-state index in [4.69, 9.17) is 0 Å². The fourth-order valence-electron chi connectivity index (χ4n) is 1.99. The van der Waals surface area contributed by atoms with Crippen molar-refractivity contribution in [3.8, 4) is 0 Å². The Morgan fingerprint density at radius 1 is 1.47 bits per heavy atom. The highest BCUT2D eigenvalue weighted by Crippen LogP contribution is 2.13. The molecule has 1 heterocycles. The van der Waals surface area contributed by atoms with Crippen LogP contribution in [0.25, 0.3) is 0 Å². The van der Waals surface area contributed by atoms with Gasteiger partial charge in [-0.05, 0) is 30.5 Å². The molecule has 0 saturated carbocycles. The molecule has 0 radical (unpaired) electrons. The predicted molar refractivity (Wildman–Crippen MR) is 72.0 cm³/mol. The standard InChI is InChI=1S/C13H18N2OS/c1-9-4-3-5-10(2)11(9)6-14-13(16)12-7-17-8-15-12/h3-5,12,15H,6-8H2,1-2H3,(H,14,16)/t12-/m0/s1. The summed E-state index contributed by atoms with van der Waals surface area (Å²) in [6.07, 6.45) is 0. The summed E-state index contributed by atoms with van der Waals surface area (Å²) < 4.78 is 0. The summed E-state index contributed by atoms with van der Waals surface area (Å²) in [6, 6.07) is 6.19. The lowest BCUT2D eigenvalue weighted by molar-refractivity contribution is -0.122. The van der Waals surface area contributed by atoms with E-state index in [0.717, 1.165) is 11.6 Å². The average Bonchev–Trinajstić information content (AvgIpc) is 2.81. The first-order valence-corrected chi connectivity index (χ1v) is 6.98. The Kier molecular flexibility index (Phi) is 4.07. The van der Waals surface area contributed by atoms with E-state index in [9.17, 15) is 4.79 Å². The number of carbonyl (C=O) groups is 1. The number of thioether (sulfide) groups is 1. The summed E-state index contributed by atoms with van der Waals surface area (Å²) in [4.78, 5) is 11.9. The molecule has 1 aromatic carbocycles. The Bertz CT molecular complexity index is 394. The minimum absolute atomic E-state index is 0.0238. The Labute approximate surface area is 106 Å². The van der Waals surface area contributed by atoms with Crippen molar-refractivity contribution in [2.75, 3.05) is 11.6 Å². The summed E-state index contributed by atoms with van der Waals surface area (Å²) in [5, 5.41) is 6.18. The van der Waals surface area contributed by atoms with E-state index in [1.54, 1.807) is 11.8 Å². The zero-order valence-corrected chi connectivity index (χ0v) is 11.1. The summed E-state index contributed by atoms with van der Waals surface area (Å²) in [5.74, 6) is 1.86. The van der Waals surface area contributed by atoms with Gasteiger partial charge in [0, 0.05) is 18.2 Å². The smallest absolute Gasteiger partial charge is 0.238 e. The quantitative estimate of drug-likeness (QED) is 0.856. The number of hydrogen-bond acceptors (Lipinski definition) is 3. The number of rotatable bonds is 3. The van der Waals surface area contributed by atoms with Crippen molar-refractivity contribution in [2.24, 2.45) is 0 Å². The van der Waals surface area contributed by atoms with E-state index in [-0.39, 0.29) is 11.9 Å². The Hall–Kier alpha value is -1.000. The van der Waals surface area contributed by atoms with Gasteiger partial charge in [-0.25, -0.2) is 0 Å². The maximum atomic E-state index is 11.9. The van der Waals surface area contributed by atoms with Crippen molar-refractivity contribution in [3.63, 3.8) is 0 Å². The van der Waals surface area contributed by atoms with Gasteiger partial charge in [-0.15, -0.1) is 11.8 Å². The molecule has 1 atom stereocenters. The Morgan fingerprint density at radius 2 is 2.18 bits per heavy atom. The first-order valence-electron chi connectivity index (χ1n) is 5.82. The van der Waals surface area contributed by atoms with Gasteiger partial charge in [-0.1, -0.05) is 18.2 Å². The van der Waals surface area contributed by atoms with Gasteiger partial charge in [0.25, 0.3) is 0 Å². The van der Waals surface area contributed by atoms with Gasteiger partial charge in [0.1, 0.15) is 0 Å². The second-order valence-corrected chi connectivity index (χ2v) is 5.39. The Morgan fingerprint density at radius 3 is 2.76 bits per heavy atom. The third-order valence-corrected chi connectivity index (χ3v) is 4.06. The SMILES string of the molecule is Cc1cccc(C)c1CNC(=O)[C@@H]1CSCN1. The lowest BCUT2D eigenvalue weighted by atomic mass is 10.0. The van der Waals surface area contributed by atoms with Crippen molar-refractivity contribution >= 4 is 17.7 Å². The van der Waals surface area contributed by atoms with Gasteiger partial charge in [0.05, 0.1) is 6.04 Å². The number of nitrogens with one attached hydrogen (secondary N) is 2. The van der Waals surface area contributed by atoms with Crippen molar-refractivity contribution in [3.05, 3.63) is 34.9 Å². The zero-order valence-electron chi connectivity index (χ0n) is 10.2. The molecule has 1 aliphatic heterocycles. The van der Waals surface area contributed by atoms with Crippen molar-refractivity contribution < 1.29 is 4.79 Å². The Balaban J connectivity index is 1.95. The number of benzene rings is 1. The van der Waals surface area contributed by atoms with Crippen LogP contribution in [0.2, 0.25) is 0 Å². The fraction of sp³-hybridized carbons (Fsp3) is 0.462. The first kappa shape index (κ1) is 12.5. The first-order chi connectivity index (χ1) is 8.18. The predicted octanol–water partition coefficient (Wildman–Crippen LogP) is 1.58. The second-order valence-electron chi connectivity index (χ2n) is 4.36. The van der Waals surface area contributed by atoms with Crippen LogP contribution < -0.4 is 10.6 Å². The molecule has 2 rings (SSSR count). The molecule has 0 spiro atoms. The number of hydrogen-bond donors (Lipinski definition) is 2. The van der Waals surface area contributed by atoms with Gasteiger partial charge < -0.3 is 5.32 Å². The van der Waals surface area contributed by atoms with Gasteiger partial charge in [-0.2, -0.15) is 0 Å². The van der Waals surface area contributed by atoms with Crippen LogP contribution in [0.5, 0.6) is 0 Å². The minimum Gasteiger partial charge on any atom is -0.351 e. The van der Waals surface area contributed by atoms with Crippen molar-refractivity contribution in [1.29, 1.82) is 0 Å². The molecule has 17 heavy (non-hydrogen) atoms. The molecular weight excluding hydrogens is 232 g/mol. The maximum absolute atomic E-state index is 11.9.